The molecule has 4 N–H and O–H groups in total. The number of hydrogen-bond acceptors (Lipinski definition) is 6. The largest absolute Gasteiger partial charge is 0.358 e. The van der Waals surface area contributed by atoms with Gasteiger partial charge in [-0.2, -0.15) is 5.26 Å². The number of benzene rings is 1. The molecule has 1 aliphatic rings. The molecule has 0 spiro atoms. The van der Waals surface area contributed by atoms with Crippen LogP contribution in [-0.2, 0) is 7.05 Å². The Hall–Kier alpha value is -4.37. The molecular weight excluding hydrogens is 485 g/mol. The average molecular weight is 509 g/mol. The van der Waals surface area contributed by atoms with E-state index in [1.165, 1.54) is 17.5 Å². The molecule has 1 saturated carbocycles. The number of anilines is 1. The normalized spacial score (nSPS) is 17.5. The van der Waals surface area contributed by atoms with Gasteiger partial charge in [-0.3, -0.25) is 9.80 Å². The molecule has 0 unspecified atom stereocenters. The number of aryl methyl sites for hydroxylation is 1. The Bertz CT molecular complexity index is 1540. The van der Waals surface area contributed by atoms with Crippen LogP contribution >= 0.6 is 0 Å². The Labute approximate surface area is 209 Å². The van der Waals surface area contributed by atoms with Crippen molar-refractivity contribution >= 4 is 22.6 Å². The first-order valence-electron chi connectivity index (χ1n) is 11.6. The van der Waals surface area contributed by atoms with E-state index in [4.69, 9.17) is 5.84 Å². The number of fused-ring (bicyclic) bond motifs is 1. The number of hydrazine groups is 1. The van der Waals surface area contributed by atoms with Gasteiger partial charge in [0.25, 0.3) is 5.91 Å². The number of rotatable bonds is 5. The predicted octanol–water partition coefficient (Wildman–Crippen LogP) is 3.67. The van der Waals surface area contributed by atoms with Crippen molar-refractivity contribution in [1.29, 1.82) is 5.26 Å². The lowest BCUT2D eigenvalue weighted by Crippen LogP contribution is -2.49. The smallest absolute Gasteiger partial charge is 0.271 e. The van der Waals surface area contributed by atoms with Crippen molar-refractivity contribution < 1.29 is 18.0 Å². The van der Waals surface area contributed by atoms with Crippen LogP contribution in [0.3, 0.4) is 0 Å². The number of carbonyl (C=O) groups excluding carboxylic acids is 1. The zero-order valence-electron chi connectivity index (χ0n) is 19.8. The number of nitrogens with two attached hydrogens (primary N) is 1. The molecule has 1 fully saturated rings. The summed E-state index contributed by atoms with van der Waals surface area (Å²) >= 11 is 0. The number of aromatic nitrogens is 4. The fraction of sp³-hybridized carbons (Fsp3) is 0.280. The van der Waals surface area contributed by atoms with E-state index >= 15 is 4.39 Å². The van der Waals surface area contributed by atoms with Crippen molar-refractivity contribution in [3.05, 3.63) is 65.6 Å². The van der Waals surface area contributed by atoms with Gasteiger partial charge in [0, 0.05) is 48.5 Å². The van der Waals surface area contributed by atoms with Crippen LogP contribution in [0.2, 0.25) is 0 Å². The number of amides is 1. The molecule has 1 aromatic carbocycles. The van der Waals surface area contributed by atoms with Crippen LogP contribution in [0.1, 0.15) is 41.7 Å². The second kappa shape index (κ2) is 9.59. The quantitative estimate of drug-likeness (QED) is 0.279. The summed E-state index contributed by atoms with van der Waals surface area (Å²) in [5.74, 6) is 3.42. The number of pyridine rings is 1. The summed E-state index contributed by atoms with van der Waals surface area (Å²) in [5, 5.41) is 13.9. The number of carbonyl (C=O) groups is 1. The SMILES string of the molecule is Cn1cnc(C(=O)N[C@H]2CCC[C@H](N(N)c3nc(-c4c[nH]c5c(F)cc(F)cc45)c(C#N)cc3F)C2)c1. The van der Waals surface area contributed by atoms with E-state index in [1.54, 1.807) is 17.8 Å². The monoisotopic (exact) mass is 508 g/mol. The van der Waals surface area contributed by atoms with Gasteiger partial charge in [0.05, 0.1) is 23.1 Å². The minimum atomic E-state index is -0.806. The van der Waals surface area contributed by atoms with Crippen LogP contribution in [0.15, 0.2) is 36.9 Å². The highest BCUT2D eigenvalue weighted by molar-refractivity contribution is 5.96. The van der Waals surface area contributed by atoms with Crippen molar-refractivity contribution in [3.63, 3.8) is 0 Å². The number of halogens is 3. The fourth-order valence-corrected chi connectivity index (χ4v) is 4.81. The molecule has 3 aromatic heterocycles. The highest BCUT2D eigenvalue weighted by atomic mass is 19.1. The third-order valence-corrected chi connectivity index (χ3v) is 6.60. The predicted molar refractivity (Wildman–Crippen MR) is 130 cm³/mol. The van der Waals surface area contributed by atoms with Gasteiger partial charge < -0.3 is 14.9 Å². The zero-order chi connectivity index (χ0) is 26.3. The molecular formula is C25H23F3N8O. The van der Waals surface area contributed by atoms with E-state index in [1.807, 2.05) is 6.07 Å². The molecule has 1 amide bonds. The van der Waals surface area contributed by atoms with Gasteiger partial charge in [-0.15, -0.1) is 0 Å². The van der Waals surface area contributed by atoms with Crippen molar-refractivity contribution in [3.8, 4) is 17.3 Å². The third-order valence-electron chi connectivity index (χ3n) is 6.60. The molecule has 37 heavy (non-hydrogen) atoms. The lowest BCUT2D eigenvalue weighted by molar-refractivity contribution is 0.0920. The number of nitriles is 1. The van der Waals surface area contributed by atoms with Gasteiger partial charge >= 0.3 is 0 Å². The van der Waals surface area contributed by atoms with E-state index in [0.717, 1.165) is 31.0 Å². The number of nitrogens with zero attached hydrogens (tertiary/aromatic N) is 5. The van der Waals surface area contributed by atoms with Gasteiger partial charge in [-0.25, -0.2) is 29.0 Å². The highest BCUT2D eigenvalue weighted by Gasteiger charge is 2.30. The maximum absolute atomic E-state index is 15.1. The van der Waals surface area contributed by atoms with Crippen LogP contribution < -0.4 is 16.2 Å². The summed E-state index contributed by atoms with van der Waals surface area (Å²) in [4.78, 5) is 23.7. The Kier molecular flexibility index (Phi) is 6.31. The molecule has 2 atom stereocenters. The number of H-pyrrole nitrogens is 1. The standard InChI is InChI=1S/C25H23F3N8O/c1-35-11-21(32-12-35)25(37)33-15-3-2-4-16(8-15)36(30)24-20(28)5-13(9-29)22(34-24)18-10-31-23-17(18)6-14(26)7-19(23)27/h5-7,10-12,15-16,31H,2-4,8,30H2,1H3,(H,33,37)/t15-,16-/m0/s1. The van der Waals surface area contributed by atoms with Crippen molar-refractivity contribution in [2.45, 2.75) is 37.8 Å². The first-order valence-corrected chi connectivity index (χ1v) is 11.6. The van der Waals surface area contributed by atoms with E-state index in [-0.39, 0.29) is 51.5 Å². The average Bonchev–Trinajstić information content (AvgIpc) is 3.50. The van der Waals surface area contributed by atoms with Crippen LogP contribution in [0, 0.1) is 28.8 Å². The third kappa shape index (κ3) is 4.61. The maximum atomic E-state index is 15.1. The van der Waals surface area contributed by atoms with Gasteiger partial charge in [0.2, 0.25) is 0 Å². The molecule has 9 nitrogen and oxygen atoms in total. The number of imidazole rings is 1. The van der Waals surface area contributed by atoms with Crippen LogP contribution in [0.5, 0.6) is 0 Å². The minimum Gasteiger partial charge on any atom is -0.358 e. The van der Waals surface area contributed by atoms with Gasteiger partial charge in [-0.05, 0) is 37.8 Å². The Morgan fingerprint density at radius 2 is 2.08 bits per heavy atom. The fourth-order valence-electron chi connectivity index (χ4n) is 4.81. The van der Waals surface area contributed by atoms with Crippen molar-refractivity contribution in [1.82, 2.24) is 24.8 Å². The molecule has 0 radical (unpaired) electrons. The number of hydrogen-bond donors (Lipinski definition) is 3. The number of nitrogens with one attached hydrogen (secondary N) is 2. The molecule has 190 valence electrons. The molecule has 4 aromatic rings. The van der Waals surface area contributed by atoms with Crippen LogP contribution in [-0.4, -0.2) is 37.5 Å². The van der Waals surface area contributed by atoms with Crippen LogP contribution in [0.4, 0.5) is 19.0 Å². The number of aromatic amines is 1. The molecule has 0 bridgehead atoms. The summed E-state index contributed by atoms with van der Waals surface area (Å²) in [6.07, 6.45) is 7.07. The molecule has 5 rings (SSSR count). The Morgan fingerprint density at radius 1 is 1.27 bits per heavy atom. The maximum Gasteiger partial charge on any atom is 0.271 e. The van der Waals surface area contributed by atoms with E-state index in [0.29, 0.717) is 18.5 Å². The lowest BCUT2D eigenvalue weighted by Gasteiger charge is -2.35. The Balaban J connectivity index is 1.44. The first-order chi connectivity index (χ1) is 17.7. The lowest BCUT2D eigenvalue weighted by atomic mass is 9.90. The molecule has 0 aliphatic heterocycles. The van der Waals surface area contributed by atoms with Crippen molar-refractivity contribution in [2.24, 2.45) is 12.9 Å². The molecule has 12 heteroatoms. The van der Waals surface area contributed by atoms with Gasteiger partial charge in [0.1, 0.15) is 23.4 Å². The summed E-state index contributed by atoms with van der Waals surface area (Å²) in [6.45, 7) is 0. The Morgan fingerprint density at radius 3 is 2.81 bits per heavy atom. The molecule has 0 saturated heterocycles. The summed E-state index contributed by atoms with van der Waals surface area (Å²) < 4.78 is 44.9. The van der Waals surface area contributed by atoms with E-state index < -0.39 is 17.5 Å². The highest BCUT2D eigenvalue weighted by Crippen LogP contribution is 2.34. The second-order valence-corrected chi connectivity index (χ2v) is 9.14. The summed E-state index contributed by atoms with van der Waals surface area (Å²) in [5.41, 5.74) is 0.510. The van der Waals surface area contributed by atoms with Gasteiger partial charge in [0.15, 0.2) is 11.6 Å². The molecule has 1 aliphatic carbocycles. The summed E-state index contributed by atoms with van der Waals surface area (Å²) in [7, 11) is 1.77. The first kappa shape index (κ1) is 24.3. The second-order valence-electron chi connectivity index (χ2n) is 9.14. The zero-order valence-corrected chi connectivity index (χ0v) is 19.8. The minimum absolute atomic E-state index is 0.0383. The topological polar surface area (TPSA) is 129 Å². The van der Waals surface area contributed by atoms with E-state index in [9.17, 15) is 18.8 Å². The summed E-state index contributed by atoms with van der Waals surface area (Å²) in [6, 6.07) is 4.19. The van der Waals surface area contributed by atoms with E-state index in [2.05, 4.69) is 20.3 Å². The molecule has 3 heterocycles. The van der Waals surface area contributed by atoms with Gasteiger partial charge in [-0.1, -0.05) is 0 Å². The van der Waals surface area contributed by atoms with Crippen molar-refractivity contribution in [2.75, 3.05) is 5.01 Å². The van der Waals surface area contributed by atoms with Crippen LogP contribution in [0.25, 0.3) is 22.2 Å².